The Bertz CT molecular complexity index is 599. The quantitative estimate of drug-likeness (QED) is 0.729. The van der Waals surface area contributed by atoms with Gasteiger partial charge in [0, 0.05) is 22.5 Å². The number of nitrogen functional groups attached to an aromatic ring is 1. The zero-order valence-corrected chi connectivity index (χ0v) is 10.1. The number of nitrogens with one attached hydrogen (secondary N) is 1. The Balaban J connectivity index is 2.22. The number of nitrogens with two attached hydrogens (primary N) is 1. The third-order valence-corrected chi connectivity index (χ3v) is 2.58. The first-order valence-electron chi connectivity index (χ1n) is 5.21. The zero-order valence-electron chi connectivity index (χ0n) is 9.35. The third-order valence-electron chi connectivity index (χ3n) is 2.35. The summed E-state index contributed by atoms with van der Waals surface area (Å²) in [7, 11) is 0. The predicted octanol–water partition coefficient (Wildman–Crippen LogP) is 2.88. The number of anilines is 2. The molecule has 1 amide bonds. The first-order valence-corrected chi connectivity index (χ1v) is 5.59. The molecule has 2 rings (SSSR count). The molecule has 0 aliphatic rings. The van der Waals surface area contributed by atoms with Gasteiger partial charge < -0.3 is 16.2 Å². The van der Waals surface area contributed by atoms with E-state index in [2.05, 4.69) is 5.32 Å². The summed E-state index contributed by atoms with van der Waals surface area (Å²) in [6.45, 7) is 0. The minimum Gasteiger partial charge on any atom is -0.507 e. The van der Waals surface area contributed by atoms with Gasteiger partial charge in [-0.05, 0) is 30.3 Å². The van der Waals surface area contributed by atoms with E-state index in [0.717, 1.165) is 0 Å². The van der Waals surface area contributed by atoms with Crippen molar-refractivity contribution in [3.63, 3.8) is 0 Å². The maximum Gasteiger partial charge on any atom is 0.259 e. The number of carbonyl (C=O) groups excluding carboxylic acids is 1. The summed E-state index contributed by atoms with van der Waals surface area (Å²) >= 11 is 5.81. The lowest BCUT2D eigenvalue weighted by molar-refractivity contribution is 0.102. The molecule has 0 aliphatic carbocycles. The number of phenolic OH excluding ortho intramolecular Hbond substituents is 1. The van der Waals surface area contributed by atoms with E-state index in [9.17, 15) is 9.90 Å². The minimum absolute atomic E-state index is 0.157. The van der Waals surface area contributed by atoms with E-state index in [0.29, 0.717) is 16.4 Å². The van der Waals surface area contributed by atoms with Crippen LogP contribution in [0.2, 0.25) is 5.02 Å². The van der Waals surface area contributed by atoms with Gasteiger partial charge in [0.1, 0.15) is 5.75 Å². The summed E-state index contributed by atoms with van der Waals surface area (Å²) in [5.41, 5.74) is 6.60. The lowest BCUT2D eigenvalue weighted by Crippen LogP contribution is -2.12. The van der Waals surface area contributed by atoms with Crippen LogP contribution in [0.25, 0.3) is 0 Å². The average molecular weight is 263 g/mol. The fourth-order valence-electron chi connectivity index (χ4n) is 1.51. The number of aromatic hydroxyl groups is 1. The maximum atomic E-state index is 11.9. The maximum absolute atomic E-state index is 11.9. The molecule has 92 valence electrons. The summed E-state index contributed by atoms with van der Waals surface area (Å²) in [6.07, 6.45) is 0. The number of carbonyl (C=O) groups is 1. The highest BCUT2D eigenvalue weighted by Gasteiger charge is 2.11. The van der Waals surface area contributed by atoms with E-state index in [1.165, 1.54) is 12.1 Å². The second-order valence-electron chi connectivity index (χ2n) is 3.74. The van der Waals surface area contributed by atoms with Crippen LogP contribution in [0.15, 0.2) is 42.5 Å². The van der Waals surface area contributed by atoms with Crippen molar-refractivity contribution in [2.75, 3.05) is 11.1 Å². The fraction of sp³-hybridized carbons (Fsp3) is 0. The molecule has 0 bridgehead atoms. The number of hydrogen-bond donors (Lipinski definition) is 3. The van der Waals surface area contributed by atoms with Gasteiger partial charge in [-0.15, -0.1) is 0 Å². The van der Waals surface area contributed by atoms with Crippen LogP contribution in [0, 0.1) is 0 Å². The van der Waals surface area contributed by atoms with E-state index in [1.807, 2.05) is 0 Å². The lowest BCUT2D eigenvalue weighted by Gasteiger charge is -2.07. The minimum atomic E-state index is -0.422. The summed E-state index contributed by atoms with van der Waals surface area (Å²) in [5, 5.41) is 12.8. The first kappa shape index (κ1) is 12.3. The molecule has 0 saturated heterocycles. The molecule has 0 heterocycles. The molecule has 0 unspecified atom stereocenters. The standard InChI is InChI=1S/C13H11ClN2O2/c14-8-2-1-3-10(6-8)16-13(18)11-5-4-9(15)7-12(11)17/h1-7,17H,15H2,(H,16,18). The Labute approximate surface area is 109 Å². The van der Waals surface area contributed by atoms with E-state index in [4.69, 9.17) is 17.3 Å². The molecule has 0 aliphatic heterocycles. The van der Waals surface area contributed by atoms with Gasteiger partial charge in [0.15, 0.2) is 0 Å². The van der Waals surface area contributed by atoms with Crippen LogP contribution in [0.4, 0.5) is 11.4 Å². The zero-order chi connectivity index (χ0) is 13.1. The summed E-state index contributed by atoms with van der Waals surface area (Å²) in [5.74, 6) is -0.579. The number of benzene rings is 2. The molecule has 18 heavy (non-hydrogen) atoms. The molecule has 0 atom stereocenters. The predicted molar refractivity (Wildman–Crippen MR) is 71.9 cm³/mol. The molecule has 5 heteroatoms. The number of halogens is 1. The second-order valence-corrected chi connectivity index (χ2v) is 4.18. The Kier molecular flexibility index (Phi) is 3.39. The molecule has 0 saturated carbocycles. The van der Waals surface area contributed by atoms with Crippen molar-refractivity contribution in [2.45, 2.75) is 0 Å². The van der Waals surface area contributed by atoms with Crippen molar-refractivity contribution in [1.29, 1.82) is 0 Å². The Hall–Kier alpha value is -2.20. The van der Waals surface area contributed by atoms with Crippen LogP contribution in [-0.4, -0.2) is 11.0 Å². The van der Waals surface area contributed by atoms with Crippen LogP contribution in [0.5, 0.6) is 5.75 Å². The molecule has 0 radical (unpaired) electrons. The highest BCUT2D eigenvalue weighted by atomic mass is 35.5. The van der Waals surface area contributed by atoms with Gasteiger partial charge in [-0.1, -0.05) is 17.7 Å². The number of rotatable bonds is 2. The molecule has 0 fully saturated rings. The highest BCUT2D eigenvalue weighted by Crippen LogP contribution is 2.22. The van der Waals surface area contributed by atoms with Gasteiger partial charge in [-0.2, -0.15) is 0 Å². The molecular formula is C13H11ClN2O2. The van der Waals surface area contributed by atoms with Gasteiger partial charge >= 0.3 is 0 Å². The molecule has 2 aromatic rings. The molecule has 0 spiro atoms. The number of amides is 1. The summed E-state index contributed by atoms with van der Waals surface area (Å²) < 4.78 is 0. The lowest BCUT2D eigenvalue weighted by atomic mass is 10.1. The van der Waals surface area contributed by atoms with E-state index >= 15 is 0 Å². The van der Waals surface area contributed by atoms with Crippen molar-refractivity contribution in [3.05, 3.63) is 53.1 Å². The van der Waals surface area contributed by atoms with Crippen LogP contribution in [-0.2, 0) is 0 Å². The van der Waals surface area contributed by atoms with Gasteiger partial charge in [0.25, 0.3) is 5.91 Å². The summed E-state index contributed by atoms with van der Waals surface area (Å²) in [6, 6.07) is 11.1. The van der Waals surface area contributed by atoms with Gasteiger partial charge in [0.05, 0.1) is 5.56 Å². The Morgan fingerprint density at radius 3 is 2.67 bits per heavy atom. The van der Waals surface area contributed by atoms with Gasteiger partial charge in [-0.3, -0.25) is 4.79 Å². The van der Waals surface area contributed by atoms with Gasteiger partial charge in [0.2, 0.25) is 0 Å². The number of hydrogen-bond acceptors (Lipinski definition) is 3. The average Bonchev–Trinajstić information content (AvgIpc) is 2.28. The van der Waals surface area contributed by atoms with Crippen molar-refractivity contribution < 1.29 is 9.90 Å². The van der Waals surface area contributed by atoms with Crippen molar-refractivity contribution in [2.24, 2.45) is 0 Å². The fourth-order valence-corrected chi connectivity index (χ4v) is 1.70. The molecule has 4 nitrogen and oxygen atoms in total. The van der Waals surface area contributed by atoms with E-state index < -0.39 is 5.91 Å². The highest BCUT2D eigenvalue weighted by molar-refractivity contribution is 6.31. The third kappa shape index (κ3) is 2.73. The Morgan fingerprint density at radius 2 is 2.00 bits per heavy atom. The molecular weight excluding hydrogens is 252 g/mol. The van der Waals surface area contributed by atoms with Crippen LogP contribution in [0.3, 0.4) is 0 Å². The van der Waals surface area contributed by atoms with Crippen LogP contribution in [0.1, 0.15) is 10.4 Å². The monoisotopic (exact) mass is 262 g/mol. The molecule has 0 aromatic heterocycles. The largest absolute Gasteiger partial charge is 0.507 e. The van der Waals surface area contributed by atoms with Crippen LogP contribution >= 0.6 is 11.6 Å². The van der Waals surface area contributed by atoms with E-state index in [-0.39, 0.29) is 11.3 Å². The normalized spacial score (nSPS) is 10.1. The SMILES string of the molecule is Nc1ccc(C(=O)Nc2cccc(Cl)c2)c(O)c1. The van der Waals surface area contributed by atoms with Gasteiger partial charge in [-0.25, -0.2) is 0 Å². The van der Waals surface area contributed by atoms with Crippen LogP contribution < -0.4 is 11.1 Å². The molecule has 4 N–H and O–H groups in total. The van der Waals surface area contributed by atoms with Crippen molar-refractivity contribution >= 4 is 28.9 Å². The first-order chi connectivity index (χ1) is 8.56. The Morgan fingerprint density at radius 1 is 1.22 bits per heavy atom. The van der Waals surface area contributed by atoms with E-state index in [1.54, 1.807) is 30.3 Å². The second kappa shape index (κ2) is 4.98. The topological polar surface area (TPSA) is 75.4 Å². The van der Waals surface area contributed by atoms with Crippen molar-refractivity contribution in [3.8, 4) is 5.75 Å². The van der Waals surface area contributed by atoms with Crippen molar-refractivity contribution in [1.82, 2.24) is 0 Å². The number of phenols is 1. The summed E-state index contributed by atoms with van der Waals surface area (Å²) in [4.78, 5) is 11.9. The molecule has 2 aromatic carbocycles. The smallest absolute Gasteiger partial charge is 0.259 e.